The quantitative estimate of drug-likeness (QED) is 0.380. The molecule has 5 rings (SSSR count). The van der Waals surface area contributed by atoms with Crippen molar-refractivity contribution in [3.8, 4) is 0 Å². The number of hydrogen-bond acceptors (Lipinski definition) is 6. The van der Waals surface area contributed by atoms with Gasteiger partial charge in [0.25, 0.3) is 0 Å². The summed E-state index contributed by atoms with van der Waals surface area (Å²) in [4.78, 5) is 16.0. The van der Waals surface area contributed by atoms with E-state index in [9.17, 15) is 0 Å². The minimum absolute atomic E-state index is 0.112. The molecule has 4 aromatic rings. The fourth-order valence-corrected chi connectivity index (χ4v) is 3.34. The summed E-state index contributed by atoms with van der Waals surface area (Å²) in [7, 11) is 0. The van der Waals surface area contributed by atoms with Gasteiger partial charge in [0, 0.05) is 30.6 Å². The van der Waals surface area contributed by atoms with E-state index in [4.69, 9.17) is 0 Å². The second-order valence-corrected chi connectivity index (χ2v) is 7.23. The molecule has 0 unspecified atom stereocenters. The Morgan fingerprint density at radius 3 is 2.93 bits per heavy atom. The topological polar surface area (TPSA) is 107 Å². The molecular formula is C20H21FN8. The minimum atomic E-state index is -0.482. The molecule has 8 nitrogen and oxygen atoms in total. The van der Waals surface area contributed by atoms with Gasteiger partial charge >= 0.3 is 0 Å². The molecule has 3 aromatic heterocycles. The van der Waals surface area contributed by atoms with E-state index in [2.05, 4.69) is 40.8 Å². The molecular weight excluding hydrogens is 371 g/mol. The summed E-state index contributed by atoms with van der Waals surface area (Å²) in [6, 6.07) is 7.72. The fraction of sp³-hybridized carbons (Fsp3) is 0.300. The largest absolute Gasteiger partial charge is 0.354 e. The molecule has 1 fully saturated rings. The first kappa shape index (κ1) is 17.6. The van der Waals surface area contributed by atoms with Gasteiger partial charge in [0.1, 0.15) is 0 Å². The van der Waals surface area contributed by atoms with E-state index in [1.807, 2.05) is 31.2 Å². The van der Waals surface area contributed by atoms with E-state index in [-0.39, 0.29) is 5.82 Å². The van der Waals surface area contributed by atoms with Crippen LogP contribution >= 0.6 is 0 Å². The predicted octanol–water partition coefficient (Wildman–Crippen LogP) is 3.86. The highest BCUT2D eigenvalue weighted by molar-refractivity contribution is 5.75. The molecule has 1 aliphatic rings. The van der Waals surface area contributed by atoms with Crippen molar-refractivity contribution in [1.29, 1.82) is 0 Å². The highest BCUT2D eigenvalue weighted by atomic mass is 19.1. The van der Waals surface area contributed by atoms with Crippen LogP contribution < -0.4 is 10.6 Å². The maximum Gasteiger partial charge on any atom is 0.225 e. The molecule has 0 saturated heterocycles. The van der Waals surface area contributed by atoms with Gasteiger partial charge in [-0.05, 0) is 37.5 Å². The molecule has 0 aliphatic heterocycles. The highest BCUT2D eigenvalue weighted by Crippen LogP contribution is 2.39. The molecule has 148 valence electrons. The molecule has 0 spiro atoms. The van der Waals surface area contributed by atoms with Crippen LogP contribution in [0.4, 0.5) is 22.0 Å². The van der Waals surface area contributed by atoms with Crippen molar-refractivity contribution in [2.75, 3.05) is 17.2 Å². The van der Waals surface area contributed by atoms with E-state index in [0.717, 1.165) is 22.3 Å². The molecule has 0 radical (unpaired) electrons. The number of anilines is 3. The highest BCUT2D eigenvalue weighted by Gasteiger charge is 2.26. The number of rotatable bonds is 7. The first-order valence-electron chi connectivity index (χ1n) is 9.74. The number of H-pyrrole nitrogens is 2. The number of halogens is 1. The molecule has 1 saturated carbocycles. The van der Waals surface area contributed by atoms with Crippen LogP contribution in [-0.2, 0) is 6.42 Å². The van der Waals surface area contributed by atoms with Crippen LogP contribution in [0, 0.1) is 5.82 Å². The Hall–Kier alpha value is -3.49. The van der Waals surface area contributed by atoms with Gasteiger partial charge in [0.2, 0.25) is 5.95 Å². The van der Waals surface area contributed by atoms with Gasteiger partial charge in [-0.25, -0.2) is 14.4 Å². The number of nitrogens with one attached hydrogen (secondary N) is 4. The van der Waals surface area contributed by atoms with Crippen molar-refractivity contribution >= 4 is 28.6 Å². The number of fused-ring (bicyclic) bond motifs is 1. The van der Waals surface area contributed by atoms with Crippen LogP contribution in [0.3, 0.4) is 0 Å². The smallest absolute Gasteiger partial charge is 0.225 e. The van der Waals surface area contributed by atoms with Crippen molar-refractivity contribution in [2.45, 2.75) is 32.1 Å². The van der Waals surface area contributed by atoms with Gasteiger partial charge in [0.15, 0.2) is 17.5 Å². The zero-order valence-corrected chi connectivity index (χ0v) is 16.0. The summed E-state index contributed by atoms with van der Waals surface area (Å²) in [5, 5.41) is 13.3. The van der Waals surface area contributed by atoms with Crippen LogP contribution in [0.1, 0.15) is 42.6 Å². The number of imidazole rings is 1. The van der Waals surface area contributed by atoms with E-state index in [0.29, 0.717) is 36.3 Å². The van der Waals surface area contributed by atoms with Crippen molar-refractivity contribution in [3.63, 3.8) is 0 Å². The average Bonchev–Trinajstić information content (AvgIpc) is 3.28. The summed E-state index contributed by atoms with van der Waals surface area (Å²) in [5.41, 5.74) is 4.09. The van der Waals surface area contributed by atoms with Crippen LogP contribution in [-0.4, -0.2) is 36.7 Å². The Labute approximate surface area is 166 Å². The second-order valence-electron chi connectivity index (χ2n) is 7.23. The van der Waals surface area contributed by atoms with Crippen LogP contribution in [0.15, 0.2) is 30.6 Å². The third kappa shape index (κ3) is 3.63. The van der Waals surface area contributed by atoms with Crippen molar-refractivity contribution in [1.82, 2.24) is 30.1 Å². The Bertz CT molecular complexity index is 1160. The number of nitrogens with zero attached hydrogens (tertiary/aromatic N) is 4. The monoisotopic (exact) mass is 392 g/mol. The number of aromatic amines is 2. The Morgan fingerprint density at radius 1 is 1.21 bits per heavy atom. The standard InChI is InChI=1S/C20H21FN8/c1-2-22-20-25-16(8-11-3-6-13-15(7-11)24-10-23-13)18(21)19(27-20)26-17-9-14(28-29-17)12-4-5-12/h3,6-7,9-10,12H,2,4-5,8H2,1H3,(H,23,24)(H3,22,25,26,27,28,29). The third-order valence-electron chi connectivity index (χ3n) is 4.97. The average molecular weight is 392 g/mol. The van der Waals surface area contributed by atoms with Gasteiger partial charge in [-0.15, -0.1) is 0 Å². The van der Waals surface area contributed by atoms with E-state index in [1.165, 1.54) is 12.8 Å². The van der Waals surface area contributed by atoms with Crippen LogP contribution in [0.25, 0.3) is 11.0 Å². The SMILES string of the molecule is CCNc1nc(Cc2ccc3[nH]cnc3c2)c(F)c(Nc2cc(C3CC3)[nH]n2)n1. The van der Waals surface area contributed by atoms with E-state index in [1.54, 1.807) is 6.33 Å². The van der Waals surface area contributed by atoms with Crippen LogP contribution in [0.5, 0.6) is 0 Å². The maximum atomic E-state index is 15.2. The molecule has 0 amide bonds. The lowest BCUT2D eigenvalue weighted by atomic mass is 10.1. The molecule has 1 aliphatic carbocycles. The molecule has 4 N–H and O–H groups in total. The predicted molar refractivity (Wildman–Crippen MR) is 109 cm³/mol. The molecule has 1 aromatic carbocycles. The summed E-state index contributed by atoms with van der Waals surface area (Å²) >= 11 is 0. The van der Waals surface area contributed by atoms with Crippen molar-refractivity contribution < 1.29 is 4.39 Å². The Kier molecular flexibility index (Phi) is 4.34. The molecule has 29 heavy (non-hydrogen) atoms. The van der Waals surface area contributed by atoms with Gasteiger partial charge in [-0.2, -0.15) is 10.1 Å². The molecule has 3 heterocycles. The van der Waals surface area contributed by atoms with Gasteiger partial charge in [-0.3, -0.25) is 5.10 Å². The fourth-order valence-electron chi connectivity index (χ4n) is 3.34. The van der Waals surface area contributed by atoms with E-state index < -0.39 is 5.82 Å². The summed E-state index contributed by atoms with van der Waals surface area (Å²) < 4.78 is 15.2. The van der Waals surface area contributed by atoms with Gasteiger partial charge in [-0.1, -0.05) is 6.07 Å². The first-order chi connectivity index (χ1) is 14.2. The summed E-state index contributed by atoms with van der Waals surface area (Å²) in [6.07, 6.45) is 4.31. The zero-order chi connectivity index (χ0) is 19.8. The molecule has 0 atom stereocenters. The van der Waals surface area contributed by atoms with Crippen molar-refractivity contribution in [2.24, 2.45) is 0 Å². The number of hydrogen-bond donors (Lipinski definition) is 4. The maximum absolute atomic E-state index is 15.2. The molecule has 0 bridgehead atoms. The minimum Gasteiger partial charge on any atom is -0.354 e. The molecule has 9 heteroatoms. The number of aromatic nitrogens is 6. The summed E-state index contributed by atoms with van der Waals surface area (Å²) in [5.74, 6) is 1.10. The zero-order valence-electron chi connectivity index (χ0n) is 16.0. The van der Waals surface area contributed by atoms with Gasteiger partial charge in [0.05, 0.1) is 23.1 Å². The lowest BCUT2D eigenvalue weighted by Crippen LogP contribution is -2.10. The van der Waals surface area contributed by atoms with Crippen LogP contribution in [0.2, 0.25) is 0 Å². The lowest BCUT2D eigenvalue weighted by Gasteiger charge is -2.11. The first-order valence-corrected chi connectivity index (χ1v) is 9.74. The van der Waals surface area contributed by atoms with Gasteiger partial charge < -0.3 is 15.6 Å². The second kappa shape index (κ2) is 7.16. The van der Waals surface area contributed by atoms with Crippen molar-refractivity contribution in [3.05, 3.63) is 53.4 Å². The Balaban J connectivity index is 1.46. The summed E-state index contributed by atoms with van der Waals surface area (Å²) in [6.45, 7) is 2.58. The van der Waals surface area contributed by atoms with E-state index >= 15 is 4.39 Å². The lowest BCUT2D eigenvalue weighted by molar-refractivity contribution is 0.601. The number of benzene rings is 1. The Morgan fingerprint density at radius 2 is 2.10 bits per heavy atom. The normalized spacial score (nSPS) is 13.7. The third-order valence-corrected chi connectivity index (χ3v) is 4.97.